The molecule has 0 radical (unpaired) electrons. The van der Waals surface area contributed by atoms with E-state index in [1.807, 2.05) is 0 Å². The Kier molecular flexibility index (Phi) is 3.76. The average Bonchev–Trinajstić information content (AvgIpc) is 2.96. The van der Waals surface area contributed by atoms with E-state index in [-0.39, 0.29) is 5.41 Å². The van der Waals surface area contributed by atoms with Gasteiger partial charge in [-0.15, -0.1) is 0 Å². The Morgan fingerprint density at radius 1 is 1.33 bits per heavy atom. The summed E-state index contributed by atoms with van der Waals surface area (Å²) in [4.78, 5) is 7.01. The standard InChI is InChI=1S/C14H25N3O/c1-10(2)8-17(11-6-7-11)9-12-15-13(18-16-12)14(3,4)5/h10-11H,6-9H2,1-5H3. The van der Waals surface area contributed by atoms with Crippen LogP contribution in [0.2, 0.25) is 0 Å². The van der Waals surface area contributed by atoms with Crippen molar-refractivity contribution in [3.8, 4) is 0 Å². The lowest BCUT2D eigenvalue weighted by molar-refractivity contribution is 0.217. The number of hydrogen-bond donors (Lipinski definition) is 0. The van der Waals surface area contributed by atoms with Gasteiger partial charge in [0.05, 0.1) is 6.54 Å². The second-order valence-electron chi connectivity index (χ2n) is 6.82. The molecule has 102 valence electrons. The summed E-state index contributed by atoms with van der Waals surface area (Å²) in [5, 5.41) is 4.11. The molecule has 1 aromatic heterocycles. The third-order valence-corrected chi connectivity index (χ3v) is 3.12. The summed E-state index contributed by atoms with van der Waals surface area (Å²) in [5.74, 6) is 2.24. The van der Waals surface area contributed by atoms with Gasteiger partial charge in [0.2, 0.25) is 5.89 Å². The van der Waals surface area contributed by atoms with Crippen molar-refractivity contribution in [1.29, 1.82) is 0 Å². The van der Waals surface area contributed by atoms with Crippen LogP contribution < -0.4 is 0 Å². The van der Waals surface area contributed by atoms with Gasteiger partial charge in [0.1, 0.15) is 0 Å². The molecule has 0 spiro atoms. The molecule has 0 N–H and O–H groups in total. The number of aromatic nitrogens is 2. The molecule has 0 bridgehead atoms. The van der Waals surface area contributed by atoms with Crippen molar-refractivity contribution >= 4 is 0 Å². The molecule has 1 heterocycles. The predicted molar refractivity (Wildman–Crippen MR) is 71.3 cm³/mol. The first kappa shape index (κ1) is 13.5. The molecule has 0 saturated heterocycles. The van der Waals surface area contributed by atoms with Crippen LogP contribution >= 0.6 is 0 Å². The van der Waals surface area contributed by atoms with E-state index in [9.17, 15) is 0 Å². The highest BCUT2D eigenvalue weighted by atomic mass is 16.5. The summed E-state index contributed by atoms with van der Waals surface area (Å²) in [6.45, 7) is 12.7. The molecule has 1 saturated carbocycles. The van der Waals surface area contributed by atoms with Gasteiger partial charge >= 0.3 is 0 Å². The van der Waals surface area contributed by atoms with Crippen molar-refractivity contribution in [1.82, 2.24) is 15.0 Å². The van der Waals surface area contributed by atoms with Gasteiger partial charge in [-0.05, 0) is 18.8 Å². The number of nitrogens with zero attached hydrogens (tertiary/aromatic N) is 3. The van der Waals surface area contributed by atoms with Gasteiger partial charge in [0, 0.05) is 18.0 Å². The van der Waals surface area contributed by atoms with E-state index in [2.05, 4.69) is 49.7 Å². The molecule has 0 atom stereocenters. The summed E-state index contributed by atoms with van der Waals surface area (Å²) in [5.41, 5.74) is -0.0618. The molecule has 1 aromatic rings. The third-order valence-electron chi connectivity index (χ3n) is 3.12. The van der Waals surface area contributed by atoms with Crippen molar-refractivity contribution in [2.45, 2.75) is 65.5 Å². The molecule has 4 nitrogen and oxygen atoms in total. The lowest BCUT2D eigenvalue weighted by Gasteiger charge is -2.22. The van der Waals surface area contributed by atoms with Crippen molar-refractivity contribution < 1.29 is 4.52 Å². The van der Waals surface area contributed by atoms with E-state index in [1.54, 1.807) is 0 Å². The smallest absolute Gasteiger partial charge is 0.232 e. The highest BCUT2D eigenvalue weighted by Gasteiger charge is 2.31. The Balaban J connectivity index is 2.00. The van der Waals surface area contributed by atoms with Gasteiger partial charge in [0.25, 0.3) is 0 Å². The van der Waals surface area contributed by atoms with Gasteiger partial charge < -0.3 is 4.52 Å². The summed E-state index contributed by atoms with van der Waals surface area (Å²) >= 11 is 0. The van der Waals surface area contributed by atoms with Crippen LogP contribution in [0.4, 0.5) is 0 Å². The summed E-state index contributed by atoms with van der Waals surface area (Å²) < 4.78 is 5.35. The molecule has 2 rings (SSSR count). The minimum absolute atomic E-state index is 0.0618. The molecule has 0 aliphatic heterocycles. The molecular weight excluding hydrogens is 226 g/mol. The Bertz CT molecular complexity index is 388. The van der Waals surface area contributed by atoms with Gasteiger partial charge in [-0.1, -0.05) is 39.8 Å². The van der Waals surface area contributed by atoms with E-state index in [0.29, 0.717) is 5.92 Å². The fourth-order valence-corrected chi connectivity index (χ4v) is 2.06. The lowest BCUT2D eigenvalue weighted by Crippen LogP contribution is -2.30. The van der Waals surface area contributed by atoms with Crippen LogP contribution in [0, 0.1) is 5.92 Å². The zero-order chi connectivity index (χ0) is 13.3. The second-order valence-corrected chi connectivity index (χ2v) is 6.82. The minimum atomic E-state index is -0.0618. The minimum Gasteiger partial charge on any atom is -0.339 e. The monoisotopic (exact) mass is 251 g/mol. The molecule has 18 heavy (non-hydrogen) atoms. The summed E-state index contributed by atoms with van der Waals surface area (Å²) in [7, 11) is 0. The maximum atomic E-state index is 5.35. The molecule has 1 aliphatic carbocycles. The lowest BCUT2D eigenvalue weighted by atomic mass is 9.97. The highest BCUT2D eigenvalue weighted by Crippen LogP contribution is 2.29. The average molecular weight is 251 g/mol. The van der Waals surface area contributed by atoms with Crippen LogP contribution in [0.15, 0.2) is 4.52 Å². The fraction of sp³-hybridized carbons (Fsp3) is 0.857. The molecule has 1 aliphatic rings. The Hall–Kier alpha value is -0.900. The van der Waals surface area contributed by atoms with Crippen LogP contribution in [0.3, 0.4) is 0 Å². The fourth-order valence-electron chi connectivity index (χ4n) is 2.06. The zero-order valence-electron chi connectivity index (χ0n) is 12.2. The first-order valence-corrected chi connectivity index (χ1v) is 6.93. The van der Waals surface area contributed by atoms with Crippen molar-refractivity contribution in [3.63, 3.8) is 0 Å². The van der Waals surface area contributed by atoms with Crippen molar-refractivity contribution in [3.05, 3.63) is 11.7 Å². The largest absolute Gasteiger partial charge is 0.339 e. The molecule has 1 fully saturated rings. The highest BCUT2D eigenvalue weighted by molar-refractivity contribution is 4.99. The topological polar surface area (TPSA) is 42.2 Å². The molecule has 0 unspecified atom stereocenters. The van der Waals surface area contributed by atoms with Crippen LogP contribution in [-0.2, 0) is 12.0 Å². The van der Waals surface area contributed by atoms with Crippen LogP contribution in [0.5, 0.6) is 0 Å². The Morgan fingerprint density at radius 2 is 2.00 bits per heavy atom. The molecular formula is C14H25N3O. The molecule has 4 heteroatoms. The maximum Gasteiger partial charge on any atom is 0.232 e. The quantitative estimate of drug-likeness (QED) is 0.807. The first-order chi connectivity index (χ1) is 8.36. The third kappa shape index (κ3) is 3.55. The van der Waals surface area contributed by atoms with E-state index in [4.69, 9.17) is 4.52 Å². The van der Waals surface area contributed by atoms with Crippen molar-refractivity contribution in [2.75, 3.05) is 6.54 Å². The van der Waals surface area contributed by atoms with E-state index in [1.165, 1.54) is 12.8 Å². The van der Waals surface area contributed by atoms with Crippen LogP contribution in [-0.4, -0.2) is 27.6 Å². The second kappa shape index (κ2) is 5.00. The normalized spacial score (nSPS) is 16.8. The van der Waals surface area contributed by atoms with E-state index < -0.39 is 0 Å². The van der Waals surface area contributed by atoms with Crippen LogP contribution in [0.25, 0.3) is 0 Å². The zero-order valence-corrected chi connectivity index (χ0v) is 12.2. The van der Waals surface area contributed by atoms with Gasteiger partial charge in [-0.2, -0.15) is 4.98 Å². The SMILES string of the molecule is CC(C)CN(Cc1noc(C(C)(C)C)n1)C1CC1. The first-order valence-electron chi connectivity index (χ1n) is 6.93. The predicted octanol–water partition coefficient (Wildman–Crippen LogP) is 2.99. The Labute approximate surface area is 110 Å². The van der Waals surface area contributed by atoms with Crippen molar-refractivity contribution in [2.24, 2.45) is 5.92 Å². The van der Waals surface area contributed by atoms with Crippen LogP contribution in [0.1, 0.15) is 59.2 Å². The Morgan fingerprint density at radius 3 is 2.44 bits per heavy atom. The molecule has 0 amide bonds. The number of rotatable bonds is 5. The summed E-state index contributed by atoms with van der Waals surface area (Å²) in [6, 6.07) is 0.740. The maximum absolute atomic E-state index is 5.35. The van der Waals surface area contributed by atoms with E-state index in [0.717, 1.165) is 30.8 Å². The number of hydrogen-bond acceptors (Lipinski definition) is 4. The molecule has 0 aromatic carbocycles. The summed E-state index contributed by atoms with van der Waals surface area (Å²) in [6.07, 6.45) is 2.63. The van der Waals surface area contributed by atoms with Gasteiger partial charge in [0.15, 0.2) is 5.82 Å². The van der Waals surface area contributed by atoms with Gasteiger partial charge in [-0.25, -0.2) is 0 Å². The van der Waals surface area contributed by atoms with E-state index >= 15 is 0 Å². The van der Waals surface area contributed by atoms with Gasteiger partial charge in [-0.3, -0.25) is 4.90 Å².